The average molecular weight is 411 g/mol. The Hall–Kier alpha value is -0.740. The summed E-state index contributed by atoms with van der Waals surface area (Å²) < 4.78 is 1.15. The molecular weight excluding hydrogens is 390 g/mol. The lowest BCUT2D eigenvalue weighted by atomic mass is 9.93. The van der Waals surface area contributed by atoms with E-state index in [2.05, 4.69) is 78.6 Å². The van der Waals surface area contributed by atoms with E-state index in [1.165, 1.54) is 32.1 Å². The molecule has 3 rings (SSSR count). The first kappa shape index (κ1) is 18.6. The Morgan fingerprint density at radius 1 is 1.13 bits per heavy atom. The van der Waals surface area contributed by atoms with Gasteiger partial charge in [0.1, 0.15) is 0 Å². The number of rotatable bonds is 3. The lowest BCUT2D eigenvalue weighted by Gasteiger charge is -2.12. The molecule has 0 unspecified atom stereocenters. The zero-order valence-electron chi connectivity index (χ0n) is 13.4. The van der Waals surface area contributed by atoms with Gasteiger partial charge in [-0.05, 0) is 40.5 Å². The summed E-state index contributed by atoms with van der Waals surface area (Å²) in [6.07, 6.45) is 3.52. The minimum absolute atomic E-state index is 0. The predicted octanol–water partition coefficient (Wildman–Crippen LogP) is 1.03. The lowest BCUT2D eigenvalue weighted by molar-refractivity contribution is -0.857. The highest BCUT2D eigenvalue weighted by molar-refractivity contribution is 9.10. The van der Waals surface area contributed by atoms with Crippen molar-refractivity contribution in [1.82, 2.24) is 0 Å². The molecule has 1 N–H and O–H groups in total. The van der Waals surface area contributed by atoms with Gasteiger partial charge >= 0.3 is 0 Å². The number of halogens is 2. The minimum Gasteiger partial charge on any atom is -1.00 e. The van der Waals surface area contributed by atoms with Crippen LogP contribution in [0.25, 0.3) is 5.57 Å². The van der Waals surface area contributed by atoms with Crippen LogP contribution < -0.4 is 17.3 Å². The highest BCUT2D eigenvalue weighted by Gasteiger charge is 2.18. The van der Waals surface area contributed by atoms with Crippen LogP contribution >= 0.6 is 27.7 Å². The number of benzene rings is 2. The summed E-state index contributed by atoms with van der Waals surface area (Å²) in [7, 11) is 4.42. The standard InChI is InChI=1S/C19H20BrNS.ClH/c1-21(2)11-5-8-17-16-7-4-3-6-14(16)13-22-19-10-9-15(20)12-18(17)19;/h3-4,6-10,12H,5,11,13H2,1-2H3;1H/b17-8+;. The van der Waals surface area contributed by atoms with Crippen LogP contribution in [0.15, 0.2) is 57.9 Å². The van der Waals surface area contributed by atoms with E-state index in [0.717, 1.165) is 23.2 Å². The molecule has 0 amide bonds. The van der Waals surface area contributed by atoms with E-state index in [0.29, 0.717) is 0 Å². The van der Waals surface area contributed by atoms with Crippen LogP contribution in [0.2, 0.25) is 0 Å². The quantitative estimate of drug-likeness (QED) is 0.792. The molecule has 1 aliphatic rings. The Morgan fingerprint density at radius 3 is 2.70 bits per heavy atom. The van der Waals surface area contributed by atoms with Gasteiger partial charge in [0, 0.05) is 21.5 Å². The zero-order chi connectivity index (χ0) is 15.5. The van der Waals surface area contributed by atoms with E-state index in [9.17, 15) is 0 Å². The molecule has 23 heavy (non-hydrogen) atoms. The van der Waals surface area contributed by atoms with Crippen molar-refractivity contribution in [3.05, 3.63) is 69.7 Å². The fourth-order valence-electron chi connectivity index (χ4n) is 2.77. The monoisotopic (exact) mass is 409 g/mol. The van der Waals surface area contributed by atoms with Crippen LogP contribution in [0.3, 0.4) is 0 Å². The van der Waals surface area contributed by atoms with Crippen molar-refractivity contribution in [2.24, 2.45) is 0 Å². The van der Waals surface area contributed by atoms with E-state index in [-0.39, 0.29) is 12.4 Å². The molecule has 0 bridgehead atoms. The molecule has 1 heterocycles. The van der Waals surface area contributed by atoms with Gasteiger partial charge in [-0.25, -0.2) is 0 Å². The number of thioether (sulfide) groups is 1. The minimum atomic E-state index is 0. The first-order valence-electron chi connectivity index (χ1n) is 7.65. The van der Waals surface area contributed by atoms with Gasteiger partial charge in [0.2, 0.25) is 0 Å². The number of quaternary nitrogens is 1. The van der Waals surface area contributed by atoms with Crippen LogP contribution in [0, 0.1) is 0 Å². The summed E-state index contributed by atoms with van der Waals surface area (Å²) in [6.45, 7) is 1.15. The molecule has 0 fully saturated rings. The number of hydrogen-bond acceptors (Lipinski definition) is 1. The van der Waals surface area contributed by atoms with Gasteiger partial charge in [0.05, 0.1) is 20.6 Å². The van der Waals surface area contributed by atoms with Gasteiger partial charge < -0.3 is 17.3 Å². The van der Waals surface area contributed by atoms with E-state index in [4.69, 9.17) is 0 Å². The number of nitrogens with one attached hydrogen (secondary N) is 1. The normalized spacial score (nSPS) is 14.9. The highest BCUT2D eigenvalue weighted by Crippen LogP contribution is 2.41. The molecular formula is C19H21BrClNS. The van der Waals surface area contributed by atoms with Crippen molar-refractivity contribution in [3.8, 4) is 0 Å². The molecule has 2 aromatic carbocycles. The zero-order valence-corrected chi connectivity index (χ0v) is 16.6. The average Bonchev–Trinajstić information content (AvgIpc) is 2.65. The lowest BCUT2D eigenvalue weighted by Crippen LogP contribution is -3.05. The predicted molar refractivity (Wildman–Crippen MR) is 99.5 cm³/mol. The maximum absolute atomic E-state index is 3.63. The second-order valence-electron chi connectivity index (χ2n) is 5.95. The fraction of sp³-hybridized carbons (Fsp3) is 0.263. The van der Waals surface area contributed by atoms with E-state index >= 15 is 0 Å². The molecule has 122 valence electrons. The molecule has 0 spiro atoms. The van der Waals surface area contributed by atoms with Gasteiger partial charge in [-0.1, -0.05) is 46.3 Å². The fourth-order valence-corrected chi connectivity index (χ4v) is 4.19. The topological polar surface area (TPSA) is 4.44 Å². The van der Waals surface area contributed by atoms with Crippen LogP contribution in [-0.4, -0.2) is 20.6 Å². The van der Waals surface area contributed by atoms with E-state index in [1.807, 2.05) is 11.8 Å². The maximum atomic E-state index is 3.63. The Morgan fingerprint density at radius 2 is 1.91 bits per heavy atom. The smallest absolute Gasteiger partial charge is 0.0802 e. The van der Waals surface area contributed by atoms with Crippen LogP contribution in [-0.2, 0) is 5.75 Å². The first-order valence-corrected chi connectivity index (χ1v) is 9.43. The molecule has 0 saturated carbocycles. The van der Waals surface area contributed by atoms with Gasteiger partial charge in [0.15, 0.2) is 0 Å². The van der Waals surface area contributed by atoms with Crippen molar-refractivity contribution in [2.75, 3.05) is 20.6 Å². The van der Waals surface area contributed by atoms with Gasteiger partial charge in [-0.2, -0.15) is 0 Å². The maximum Gasteiger partial charge on any atom is 0.0802 e. The second-order valence-corrected chi connectivity index (χ2v) is 7.88. The summed E-state index contributed by atoms with van der Waals surface area (Å²) in [5.41, 5.74) is 5.57. The van der Waals surface area contributed by atoms with Gasteiger partial charge in [0.25, 0.3) is 0 Å². The van der Waals surface area contributed by atoms with Crippen molar-refractivity contribution >= 4 is 33.3 Å². The van der Waals surface area contributed by atoms with E-state index in [1.54, 1.807) is 0 Å². The van der Waals surface area contributed by atoms with Crippen molar-refractivity contribution in [1.29, 1.82) is 0 Å². The molecule has 0 saturated heterocycles. The van der Waals surface area contributed by atoms with Crippen molar-refractivity contribution in [2.45, 2.75) is 17.1 Å². The summed E-state index contributed by atoms with van der Waals surface area (Å²) in [5.74, 6) is 1.04. The Kier molecular flexibility index (Phi) is 6.78. The van der Waals surface area contributed by atoms with Crippen LogP contribution in [0.1, 0.15) is 23.1 Å². The third kappa shape index (κ3) is 4.42. The van der Waals surface area contributed by atoms with Gasteiger partial charge in [-0.15, -0.1) is 11.8 Å². The summed E-state index contributed by atoms with van der Waals surface area (Å²) in [5, 5.41) is 0. The molecule has 1 aliphatic heterocycles. The number of hydrogen-bond donors (Lipinski definition) is 1. The summed E-state index contributed by atoms with van der Waals surface area (Å²) >= 11 is 5.57. The summed E-state index contributed by atoms with van der Waals surface area (Å²) in [4.78, 5) is 2.87. The molecule has 1 nitrogen and oxygen atoms in total. The molecule has 0 aliphatic carbocycles. The second kappa shape index (κ2) is 8.39. The van der Waals surface area contributed by atoms with Crippen LogP contribution in [0.5, 0.6) is 0 Å². The van der Waals surface area contributed by atoms with Crippen molar-refractivity contribution in [3.63, 3.8) is 0 Å². The molecule has 0 atom stereocenters. The molecule has 2 aromatic rings. The first-order chi connectivity index (χ1) is 10.6. The Balaban J connectivity index is 0.00000192. The van der Waals surface area contributed by atoms with Crippen LogP contribution in [0.4, 0.5) is 0 Å². The number of fused-ring (bicyclic) bond motifs is 2. The molecule has 4 heteroatoms. The third-order valence-corrected chi connectivity index (χ3v) is 5.53. The molecule has 0 aromatic heterocycles. The van der Waals surface area contributed by atoms with E-state index < -0.39 is 0 Å². The Bertz CT molecular complexity index is 712. The Labute approximate surface area is 157 Å². The largest absolute Gasteiger partial charge is 1.00 e. The van der Waals surface area contributed by atoms with Gasteiger partial charge in [-0.3, -0.25) is 0 Å². The SMILES string of the molecule is C[NH+](C)CC/C=C1\c2ccccc2CSc2ccc(Br)cc21.[Cl-]. The highest BCUT2D eigenvalue weighted by atomic mass is 79.9. The van der Waals surface area contributed by atoms with Crippen molar-refractivity contribution < 1.29 is 17.3 Å². The third-order valence-electron chi connectivity index (χ3n) is 3.92. The summed E-state index contributed by atoms with van der Waals surface area (Å²) in [6, 6.07) is 15.5. The molecule has 0 radical (unpaired) electrons.